The van der Waals surface area contributed by atoms with E-state index >= 15 is 0 Å². The number of rotatable bonds is 6. The average Bonchev–Trinajstić information content (AvgIpc) is 2.77. The Balaban J connectivity index is 1.64. The lowest BCUT2D eigenvalue weighted by Gasteiger charge is -2.29. The van der Waals surface area contributed by atoms with Crippen molar-refractivity contribution in [2.45, 2.75) is 44.4 Å². The molecule has 29 heavy (non-hydrogen) atoms. The van der Waals surface area contributed by atoms with E-state index in [4.69, 9.17) is 9.47 Å². The van der Waals surface area contributed by atoms with Crippen LogP contribution in [0.25, 0.3) is 10.9 Å². The maximum Gasteiger partial charge on any atom is 0.261 e. The molecule has 152 valence electrons. The van der Waals surface area contributed by atoms with Gasteiger partial charge in [-0.05, 0) is 44.4 Å². The quantitative estimate of drug-likeness (QED) is 0.696. The van der Waals surface area contributed by atoms with Gasteiger partial charge in [0, 0.05) is 12.1 Å². The highest BCUT2D eigenvalue weighted by molar-refractivity contribution is 5.81. The van der Waals surface area contributed by atoms with Crippen molar-refractivity contribution < 1.29 is 9.47 Å². The fourth-order valence-corrected chi connectivity index (χ4v) is 3.96. The molecule has 1 fully saturated rings. The Morgan fingerprint density at radius 3 is 2.55 bits per heavy atom. The number of methoxy groups -OCH3 is 1. The summed E-state index contributed by atoms with van der Waals surface area (Å²) in [6, 6.07) is 14.0. The Kier molecular flexibility index (Phi) is 5.81. The third kappa shape index (κ3) is 4.27. The van der Waals surface area contributed by atoms with E-state index < -0.39 is 0 Å². The largest absolute Gasteiger partial charge is 0.493 e. The van der Waals surface area contributed by atoms with Gasteiger partial charge in [0.2, 0.25) is 0 Å². The Hall–Kier alpha value is -2.86. The van der Waals surface area contributed by atoms with Crippen molar-refractivity contribution in [3.63, 3.8) is 0 Å². The Bertz CT molecular complexity index is 1020. The van der Waals surface area contributed by atoms with Crippen molar-refractivity contribution in [3.05, 3.63) is 64.7 Å². The van der Waals surface area contributed by atoms with Crippen LogP contribution in [0.4, 0.5) is 0 Å². The minimum atomic E-state index is -0.0785. The topological polar surface area (TPSA) is 65.4 Å². The summed E-state index contributed by atoms with van der Waals surface area (Å²) < 4.78 is 13.4. The van der Waals surface area contributed by atoms with Crippen molar-refractivity contribution >= 4 is 10.9 Å². The van der Waals surface area contributed by atoms with Gasteiger partial charge in [-0.15, -0.1) is 0 Å². The molecular formula is C23H27N3O3. The molecule has 0 spiro atoms. The van der Waals surface area contributed by atoms with Crippen molar-refractivity contribution in [2.24, 2.45) is 0 Å². The van der Waals surface area contributed by atoms with Gasteiger partial charge in [0.05, 0.1) is 37.0 Å². The monoisotopic (exact) mass is 393 g/mol. The molecule has 0 radical (unpaired) electrons. The van der Waals surface area contributed by atoms with Crippen LogP contribution in [0, 0.1) is 0 Å². The molecule has 0 atom stereocenters. The predicted octanol–water partition coefficient (Wildman–Crippen LogP) is 3.36. The van der Waals surface area contributed by atoms with Crippen LogP contribution in [0.1, 0.15) is 31.2 Å². The number of aromatic nitrogens is 2. The van der Waals surface area contributed by atoms with E-state index in [1.165, 1.54) is 0 Å². The maximum absolute atomic E-state index is 13.1. The van der Waals surface area contributed by atoms with Crippen LogP contribution in [0.2, 0.25) is 0 Å². The molecular weight excluding hydrogens is 366 g/mol. The Morgan fingerprint density at radius 1 is 1.10 bits per heavy atom. The summed E-state index contributed by atoms with van der Waals surface area (Å²) in [5.74, 6) is 1.23. The smallest absolute Gasteiger partial charge is 0.261 e. The van der Waals surface area contributed by atoms with Gasteiger partial charge in [0.15, 0.2) is 11.5 Å². The molecule has 4 rings (SSSR count). The summed E-state index contributed by atoms with van der Waals surface area (Å²) in [5, 5.41) is 3.88. The Morgan fingerprint density at radius 2 is 1.86 bits per heavy atom. The molecule has 1 aliphatic rings. The van der Waals surface area contributed by atoms with E-state index in [1.807, 2.05) is 37.4 Å². The van der Waals surface area contributed by atoms with Crippen LogP contribution in [-0.4, -0.2) is 35.9 Å². The van der Waals surface area contributed by atoms with E-state index in [0.29, 0.717) is 35.0 Å². The number of nitrogens with zero attached hydrogens (tertiary/aromatic N) is 2. The first-order valence-electron chi connectivity index (χ1n) is 10.1. The summed E-state index contributed by atoms with van der Waals surface area (Å²) in [7, 11) is 3.62. The molecule has 6 heteroatoms. The lowest BCUT2D eigenvalue weighted by atomic mass is 9.93. The minimum absolute atomic E-state index is 0.0785. The van der Waals surface area contributed by atoms with Crippen molar-refractivity contribution in [3.8, 4) is 11.5 Å². The first-order valence-corrected chi connectivity index (χ1v) is 10.1. The summed E-state index contributed by atoms with van der Waals surface area (Å²) in [6.07, 6.45) is 5.87. The first-order chi connectivity index (χ1) is 14.2. The summed E-state index contributed by atoms with van der Waals surface area (Å²) in [6.45, 7) is 0.485. The zero-order valence-corrected chi connectivity index (χ0v) is 16.9. The number of fused-ring (bicyclic) bond motifs is 1. The third-order valence-electron chi connectivity index (χ3n) is 5.68. The van der Waals surface area contributed by atoms with Crippen molar-refractivity contribution in [1.29, 1.82) is 0 Å². The van der Waals surface area contributed by atoms with Crippen molar-refractivity contribution in [2.75, 3.05) is 14.2 Å². The number of benzene rings is 2. The lowest BCUT2D eigenvalue weighted by molar-refractivity contribution is 0.137. The lowest BCUT2D eigenvalue weighted by Crippen LogP contribution is -2.34. The number of nitrogens with one attached hydrogen (secondary N) is 1. The Labute approximate surface area is 170 Å². The molecule has 1 heterocycles. The van der Waals surface area contributed by atoms with Gasteiger partial charge in [0.25, 0.3) is 5.56 Å². The summed E-state index contributed by atoms with van der Waals surface area (Å²) in [4.78, 5) is 17.6. The normalized spacial score (nSPS) is 19.2. The molecule has 2 aromatic carbocycles. The average molecular weight is 393 g/mol. The maximum atomic E-state index is 13.1. The molecule has 0 saturated heterocycles. The number of hydrogen-bond acceptors (Lipinski definition) is 5. The molecule has 0 unspecified atom stereocenters. The highest BCUT2D eigenvalue weighted by Crippen LogP contribution is 2.33. The van der Waals surface area contributed by atoms with Crippen LogP contribution in [-0.2, 0) is 6.54 Å². The minimum Gasteiger partial charge on any atom is -0.493 e. The van der Waals surface area contributed by atoms with Crippen LogP contribution in [0.3, 0.4) is 0 Å². The molecule has 0 amide bonds. The molecule has 1 N–H and O–H groups in total. The second kappa shape index (κ2) is 8.66. The summed E-state index contributed by atoms with van der Waals surface area (Å²) >= 11 is 0. The van der Waals surface area contributed by atoms with Gasteiger partial charge in [-0.25, -0.2) is 4.98 Å². The number of ether oxygens (including phenoxy) is 2. The molecule has 1 aromatic heterocycles. The molecule has 0 bridgehead atoms. The second-order valence-electron chi connectivity index (χ2n) is 7.56. The van der Waals surface area contributed by atoms with E-state index in [2.05, 4.69) is 10.3 Å². The SMILES string of the molecule is CN[C@H]1CC[C@@H](Oc2cc3c(=O)n(Cc4ccccc4)cnc3cc2OC)CC1. The van der Waals surface area contributed by atoms with Gasteiger partial charge in [-0.1, -0.05) is 30.3 Å². The zero-order chi connectivity index (χ0) is 20.2. The summed E-state index contributed by atoms with van der Waals surface area (Å²) in [5.41, 5.74) is 1.59. The van der Waals surface area contributed by atoms with E-state index in [-0.39, 0.29) is 11.7 Å². The number of hydrogen-bond donors (Lipinski definition) is 1. The molecule has 1 saturated carbocycles. The molecule has 0 aliphatic heterocycles. The predicted molar refractivity (Wildman–Crippen MR) is 114 cm³/mol. The van der Waals surface area contributed by atoms with Crippen molar-refractivity contribution in [1.82, 2.24) is 14.9 Å². The van der Waals surface area contributed by atoms with E-state index in [9.17, 15) is 4.79 Å². The standard InChI is InChI=1S/C23H27N3O3/c1-24-17-8-10-18(11-9-17)29-22-12-19-20(13-21(22)28-2)25-15-26(23(19)27)14-16-6-4-3-5-7-16/h3-7,12-13,15,17-18,24H,8-11,14H2,1-2H3/t17-,18+. The van der Waals surface area contributed by atoms with Gasteiger partial charge < -0.3 is 14.8 Å². The van der Waals surface area contributed by atoms with Gasteiger partial charge in [0.1, 0.15) is 0 Å². The fourth-order valence-electron chi connectivity index (χ4n) is 3.96. The highest BCUT2D eigenvalue weighted by Gasteiger charge is 2.23. The van der Waals surface area contributed by atoms with E-state index in [0.717, 1.165) is 31.2 Å². The zero-order valence-electron chi connectivity index (χ0n) is 16.9. The first kappa shape index (κ1) is 19.5. The van der Waals surface area contributed by atoms with Crippen LogP contribution in [0.5, 0.6) is 11.5 Å². The molecule has 1 aliphatic carbocycles. The van der Waals surface area contributed by atoms with Gasteiger partial charge in [-0.3, -0.25) is 9.36 Å². The third-order valence-corrected chi connectivity index (χ3v) is 5.68. The van der Waals surface area contributed by atoms with E-state index in [1.54, 1.807) is 30.1 Å². The van der Waals surface area contributed by atoms with Crippen LogP contribution >= 0.6 is 0 Å². The van der Waals surface area contributed by atoms with Crippen LogP contribution in [0.15, 0.2) is 53.6 Å². The highest BCUT2D eigenvalue weighted by atomic mass is 16.5. The molecule has 6 nitrogen and oxygen atoms in total. The van der Waals surface area contributed by atoms with Gasteiger partial charge >= 0.3 is 0 Å². The molecule has 3 aromatic rings. The second-order valence-corrected chi connectivity index (χ2v) is 7.56. The van der Waals surface area contributed by atoms with Gasteiger partial charge in [-0.2, -0.15) is 0 Å². The fraction of sp³-hybridized carbons (Fsp3) is 0.391. The van der Waals surface area contributed by atoms with Crippen LogP contribution < -0.4 is 20.3 Å².